The summed E-state index contributed by atoms with van der Waals surface area (Å²) in [4.78, 5) is 17.0. The SMILES string of the molecule is O=C(Nc1cccc(Cn2cncn2)c1)c1nnn(-c2ccc(Br)cc2)c1C1CC1. The van der Waals surface area contributed by atoms with E-state index < -0.39 is 0 Å². The molecule has 1 N–H and O–H groups in total. The second-order valence-electron chi connectivity index (χ2n) is 7.23. The minimum absolute atomic E-state index is 0.252. The molecule has 1 saturated carbocycles. The maximum atomic E-state index is 13.0. The molecule has 0 unspecified atom stereocenters. The maximum Gasteiger partial charge on any atom is 0.278 e. The molecule has 0 bridgehead atoms. The van der Waals surface area contributed by atoms with Crippen LogP contribution in [0.2, 0.25) is 0 Å². The van der Waals surface area contributed by atoms with Crippen molar-refractivity contribution in [2.75, 3.05) is 5.32 Å². The van der Waals surface area contributed by atoms with Crippen molar-refractivity contribution in [1.82, 2.24) is 29.8 Å². The van der Waals surface area contributed by atoms with Gasteiger partial charge in [-0.25, -0.2) is 14.3 Å². The normalized spacial score (nSPS) is 13.4. The van der Waals surface area contributed by atoms with Gasteiger partial charge < -0.3 is 5.32 Å². The van der Waals surface area contributed by atoms with Gasteiger partial charge in [0.25, 0.3) is 5.91 Å². The summed E-state index contributed by atoms with van der Waals surface area (Å²) in [5.74, 6) is 0.0567. The Morgan fingerprint density at radius 3 is 2.73 bits per heavy atom. The number of aromatic nitrogens is 6. The molecular formula is C21H18BrN7O. The summed E-state index contributed by atoms with van der Waals surface area (Å²) in [6.45, 7) is 0.580. The number of anilines is 1. The van der Waals surface area contributed by atoms with E-state index in [1.807, 2.05) is 48.5 Å². The summed E-state index contributed by atoms with van der Waals surface area (Å²) in [6, 6.07) is 15.5. The first-order valence-corrected chi connectivity index (χ1v) is 10.4. The van der Waals surface area contributed by atoms with E-state index >= 15 is 0 Å². The van der Waals surface area contributed by atoms with Crippen molar-refractivity contribution >= 4 is 27.5 Å². The zero-order valence-corrected chi connectivity index (χ0v) is 17.5. The van der Waals surface area contributed by atoms with E-state index in [9.17, 15) is 4.79 Å². The molecule has 1 aliphatic carbocycles. The molecule has 0 radical (unpaired) electrons. The highest BCUT2D eigenvalue weighted by molar-refractivity contribution is 9.10. The first kappa shape index (κ1) is 18.7. The number of nitrogens with one attached hydrogen (secondary N) is 1. The van der Waals surface area contributed by atoms with E-state index in [2.05, 4.69) is 41.6 Å². The molecule has 1 amide bonds. The van der Waals surface area contributed by atoms with Gasteiger partial charge in [0, 0.05) is 16.1 Å². The highest BCUT2D eigenvalue weighted by atomic mass is 79.9. The largest absolute Gasteiger partial charge is 0.321 e. The van der Waals surface area contributed by atoms with Crippen LogP contribution in [0, 0.1) is 0 Å². The fourth-order valence-corrected chi connectivity index (χ4v) is 3.65. The minimum Gasteiger partial charge on any atom is -0.321 e. The second kappa shape index (κ2) is 7.83. The number of carbonyl (C=O) groups excluding carboxylic acids is 1. The van der Waals surface area contributed by atoms with Crippen molar-refractivity contribution < 1.29 is 4.79 Å². The van der Waals surface area contributed by atoms with Crippen molar-refractivity contribution in [2.45, 2.75) is 25.3 Å². The Hall–Kier alpha value is -3.33. The number of benzene rings is 2. The molecule has 8 nitrogen and oxygen atoms in total. The molecule has 0 atom stereocenters. The van der Waals surface area contributed by atoms with Gasteiger partial charge in [-0.05, 0) is 54.8 Å². The number of hydrogen-bond acceptors (Lipinski definition) is 5. The quantitative estimate of drug-likeness (QED) is 0.469. The van der Waals surface area contributed by atoms with E-state index in [1.165, 1.54) is 6.33 Å². The smallest absolute Gasteiger partial charge is 0.278 e. The molecule has 1 fully saturated rings. The molecule has 1 aliphatic rings. The standard InChI is InChI=1S/C21H18BrN7O/c22-16-6-8-18(9-7-16)29-20(15-4-5-15)19(26-27-29)21(30)25-17-3-1-2-14(10-17)11-28-13-23-12-24-28/h1-3,6-10,12-13,15H,4-5,11H2,(H,25,30). The summed E-state index contributed by atoms with van der Waals surface area (Å²) < 4.78 is 4.50. The molecule has 4 aromatic rings. The van der Waals surface area contributed by atoms with Crippen molar-refractivity contribution in [3.8, 4) is 5.69 Å². The summed E-state index contributed by atoms with van der Waals surface area (Å²) in [5.41, 5.74) is 3.86. The third-order valence-corrected chi connectivity index (χ3v) is 5.48. The van der Waals surface area contributed by atoms with Crippen LogP contribution >= 0.6 is 15.9 Å². The van der Waals surface area contributed by atoms with Gasteiger partial charge in [-0.2, -0.15) is 5.10 Å². The molecule has 2 aromatic heterocycles. The minimum atomic E-state index is -0.252. The van der Waals surface area contributed by atoms with Crippen LogP contribution in [0.1, 0.15) is 40.5 Å². The summed E-state index contributed by atoms with van der Waals surface area (Å²) >= 11 is 3.45. The first-order valence-electron chi connectivity index (χ1n) is 9.61. The number of amides is 1. The van der Waals surface area contributed by atoms with Gasteiger partial charge in [-0.15, -0.1) is 5.10 Å². The van der Waals surface area contributed by atoms with Crippen LogP contribution in [0.5, 0.6) is 0 Å². The molecule has 0 aliphatic heterocycles. The van der Waals surface area contributed by atoms with E-state index in [1.54, 1.807) is 15.7 Å². The molecule has 9 heteroatoms. The Morgan fingerprint density at radius 1 is 1.17 bits per heavy atom. The topological polar surface area (TPSA) is 90.5 Å². The van der Waals surface area contributed by atoms with Crippen molar-refractivity contribution in [3.05, 3.63) is 82.6 Å². The van der Waals surface area contributed by atoms with E-state index in [0.29, 0.717) is 23.8 Å². The van der Waals surface area contributed by atoms with Crippen molar-refractivity contribution in [3.63, 3.8) is 0 Å². The Bertz CT molecular complexity index is 1180. The average molecular weight is 464 g/mol. The van der Waals surface area contributed by atoms with Crippen LogP contribution < -0.4 is 5.32 Å². The highest BCUT2D eigenvalue weighted by Gasteiger charge is 2.34. The summed E-state index contributed by atoms with van der Waals surface area (Å²) in [5, 5.41) is 15.6. The van der Waals surface area contributed by atoms with E-state index in [0.717, 1.165) is 34.3 Å². The number of nitrogens with zero attached hydrogens (tertiary/aromatic N) is 6. The lowest BCUT2D eigenvalue weighted by Crippen LogP contribution is -2.15. The number of hydrogen-bond donors (Lipinski definition) is 1. The zero-order valence-electron chi connectivity index (χ0n) is 15.9. The van der Waals surface area contributed by atoms with Gasteiger partial charge in [0.1, 0.15) is 12.7 Å². The zero-order chi connectivity index (χ0) is 20.5. The van der Waals surface area contributed by atoms with Gasteiger partial charge in [-0.3, -0.25) is 4.79 Å². The molecule has 30 heavy (non-hydrogen) atoms. The lowest BCUT2D eigenvalue weighted by molar-refractivity contribution is 0.102. The first-order chi connectivity index (χ1) is 14.7. The Labute approximate surface area is 181 Å². The molecule has 5 rings (SSSR count). The number of rotatable bonds is 6. The fourth-order valence-electron chi connectivity index (χ4n) is 3.39. The van der Waals surface area contributed by atoms with Crippen LogP contribution in [0.25, 0.3) is 5.69 Å². The molecule has 2 heterocycles. The van der Waals surface area contributed by atoms with Crippen LogP contribution in [0.15, 0.2) is 65.7 Å². The summed E-state index contributed by atoms with van der Waals surface area (Å²) in [7, 11) is 0. The van der Waals surface area contributed by atoms with Crippen LogP contribution in [-0.4, -0.2) is 35.7 Å². The lowest BCUT2D eigenvalue weighted by atomic mass is 10.1. The van der Waals surface area contributed by atoms with Gasteiger partial charge in [0.05, 0.1) is 17.9 Å². The molecule has 2 aromatic carbocycles. The highest BCUT2D eigenvalue weighted by Crippen LogP contribution is 2.42. The number of halogens is 1. The van der Waals surface area contributed by atoms with E-state index in [4.69, 9.17) is 0 Å². The predicted octanol–water partition coefficient (Wildman–Crippen LogP) is 3.80. The van der Waals surface area contributed by atoms with Crippen LogP contribution in [0.4, 0.5) is 5.69 Å². The molecular weight excluding hydrogens is 446 g/mol. The van der Waals surface area contributed by atoms with Gasteiger partial charge >= 0.3 is 0 Å². The van der Waals surface area contributed by atoms with Crippen molar-refractivity contribution in [2.24, 2.45) is 0 Å². The third-order valence-electron chi connectivity index (χ3n) is 4.95. The Morgan fingerprint density at radius 2 is 2.00 bits per heavy atom. The summed E-state index contributed by atoms with van der Waals surface area (Å²) in [6.07, 6.45) is 5.24. The van der Waals surface area contributed by atoms with E-state index in [-0.39, 0.29) is 5.91 Å². The predicted molar refractivity (Wildman–Crippen MR) is 115 cm³/mol. The average Bonchev–Trinajstić information content (AvgIpc) is 3.27. The lowest BCUT2D eigenvalue weighted by Gasteiger charge is -2.09. The fraction of sp³-hybridized carbons (Fsp3) is 0.190. The van der Waals surface area contributed by atoms with Gasteiger partial charge in [-0.1, -0.05) is 33.3 Å². The van der Waals surface area contributed by atoms with Gasteiger partial charge in [0.15, 0.2) is 5.69 Å². The molecule has 0 saturated heterocycles. The Balaban J connectivity index is 1.40. The Kier molecular flexibility index (Phi) is 4.88. The molecule has 0 spiro atoms. The second-order valence-corrected chi connectivity index (χ2v) is 8.15. The van der Waals surface area contributed by atoms with Crippen LogP contribution in [-0.2, 0) is 6.54 Å². The molecule has 150 valence electrons. The van der Waals surface area contributed by atoms with Gasteiger partial charge in [0.2, 0.25) is 0 Å². The third kappa shape index (κ3) is 3.88. The number of carbonyl (C=O) groups is 1. The monoisotopic (exact) mass is 463 g/mol. The maximum absolute atomic E-state index is 13.0. The van der Waals surface area contributed by atoms with Crippen LogP contribution in [0.3, 0.4) is 0 Å². The van der Waals surface area contributed by atoms with Crippen molar-refractivity contribution in [1.29, 1.82) is 0 Å².